The van der Waals surface area contributed by atoms with Gasteiger partial charge in [-0.1, -0.05) is 0 Å². The van der Waals surface area contributed by atoms with Crippen LogP contribution in [-0.2, 0) is 9.53 Å². The topological polar surface area (TPSA) is 79.9 Å². The van der Waals surface area contributed by atoms with E-state index >= 15 is 0 Å². The zero-order valence-corrected chi connectivity index (χ0v) is 8.99. The van der Waals surface area contributed by atoms with Crippen molar-refractivity contribution in [1.29, 1.82) is 0 Å². The molecule has 15 heavy (non-hydrogen) atoms. The van der Waals surface area contributed by atoms with Gasteiger partial charge in [0.15, 0.2) is 0 Å². The molecular weight excluding hydrogens is 196 g/mol. The van der Waals surface area contributed by atoms with Gasteiger partial charge in [-0.05, 0) is 13.3 Å². The molecule has 1 amide bonds. The molecule has 6 heteroatoms. The van der Waals surface area contributed by atoms with Gasteiger partial charge < -0.3 is 10.1 Å². The van der Waals surface area contributed by atoms with E-state index in [1.807, 2.05) is 6.92 Å². The Bertz CT molecular complexity index is 286. The number of rotatable bonds is 6. The van der Waals surface area contributed by atoms with Gasteiger partial charge in [-0.25, -0.2) is 4.98 Å². The largest absolute Gasteiger partial charge is 0.385 e. The van der Waals surface area contributed by atoms with Gasteiger partial charge in [0.25, 0.3) is 0 Å². The van der Waals surface area contributed by atoms with Crippen molar-refractivity contribution in [2.24, 2.45) is 0 Å². The molecule has 0 aliphatic rings. The normalized spacial score (nSPS) is 12.4. The summed E-state index contributed by atoms with van der Waals surface area (Å²) in [6.45, 7) is 2.46. The highest BCUT2D eigenvalue weighted by Gasteiger charge is 2.10. The van der Waals surface area contributed by atoms with E-state index in [0.29, 0.717) is 18.9 Å². The SMILES string of the molecule is COCCCC(=O)NC(C)c1ncn[nH]1. The van der Waals surface area contributed by atoms with Crippen LogP contribution in [0.3, 0.4) is 0 Å². The molecule has 0 aromatic carbocycles. The summed E-state index contributed by atoms with van der Waals surface area (Å²) >= 11 is 0. The van der Waals surface area contributed by atoms with Crippen LogP contribution in [0.2, 0.25) is 0 Å². The summed E-state index contributed by atoms with van der Waals surface area (Å²) in [5, 5.41) is 9.24. The molecule has 2 N–H and O–H groups in total. The van der Waals surface area contributed by atoms with Crippen LogP contribution >= 0.6 is 0 Å². The van der Waals surface area contributed by atoms with Crippen LogP contribution in [0.15, 0.2) is 6.33 Å². The van der Waals surface area contributed by atoms with Gasteiger partial charge in [-0.2, -0.15) is 5.10 Å². The zero-order valence-electron chi connectivity index (χ0n) is 8.99. The van der Waals surface area contributed by atoms with Crippen LogP contribution in [0.4, 0.5) is 0 Å². The number of hydrogen-bond acceptors (Lipinski definition) is 4. The molecule has 0 aliphatic heterocycles. The lowest BCUT2D eigenvalue weighted by Crippen LogP contribution is -2.27. The maximum Gasteiger partial charge on any atom is 0.220 e. The number of nitrogens with zero attached hydrogens (tertiary/aromatic N) is 2. The first-order valence-corrected chi connectivity index (χ1v) is 4.87. The summed E-state index contributed by atoms with van der Waals surface area (Å²) in [5.74, 6) is 0.658. The maximum atomic E-state index is 11.4. The summed E-state index contributed by atoms with van der Waals surface area (Å²) in [6, 6.07) is -0.137. The minimum Gasteiger partial charge on any atom is -0.385 e. The van der Waals surface area contributed by atoms with Crippen LogP contribution in [0.25, 0.3) is 0 Å². The first-order valence-electron chi connectivity index (χ1n) is 4.87. The van der Waals surface area contributed by atoms with E-state index in [1.165, 1.54) is 6.33 Å². The minimum atomic E-state index is -0.137. The van der Waals surface area contributed by atoms with Crippen molar-refractivity contribution in [3.8, 4) is 0 Å². The number of carbonyl (C=O) groups is 1. The fraction of sp³-hybridized carbons (Fsp3) is 0.667. The Kier molecular flexibility index (Phi) is 4.76. The molecule has 1 unspecified atom stereocenters. The molecule has 0 saturated heterocycles. The summed E-state index contributed by atoms with van der Waals surface area (Å²) in [5.41, 5.74) is 0. The Morgan fingerprint density at radius 1 is 1.73 bits per heavy atom. The molecule has 0 fully saturated rings. The van der Waals surface area contributed by atoms with E-state index in [9.17, 15) is 4.79 Å². The third kappa shape index (κ3) is 4.07. The first-order chi connectivity index (χ1) is 7.24. The van der Waals surface area contributed by atoms with E-state index in [0.717, 1.165) is 6.42 Å². The van der Waals surface area contributed by atoms with Gasteiger partial charge in [0.05, 0.1) is 6.04 Å². The molecule has 6 nitrogen and oxygen atoms in total. The number of nitrogens with one attached hydrogen (secondary N) is 2. The summed E-state index contributed by atoms with van der Waals surface area (Å²) in [7, 11) is 1.62. The smallest absolute Gasteiger partial charge is 0.220 e. The van der Waals surface area contributed by atoms with Gasteiger partial charge in [-0.3, -0.25) is 9.89 Å². The maximum absolute atomic E-state index is 11.4. The van der Waals surface area contributed by atoms with Crippen molar-refractivity contribution in [3.63, 3.8) is 0 Å². The lowest BCUT2D eigenvalue weighted by atomic mass is 10.2. The predicted molar refractivity (Wildman–Crippen MR) is 54.1 cm³/mol. The standard InChI is InChI=1S/C9H16N4O2/c1-7(9-10-6-11-13-9)12-8(14)4-3-5-15-2/h6-7H,3-5H2,1-2H3,(H,12,14)(H,10,11,13). The monoisotopic (exact) mass is 212 g/mol. The van der Waals surface area contributed by atoms with Crippen LogP contribution in [0.1, 0.15) is 31.6 Å². The molecule has 0 spiro atoms. The van der Waals surface area contributed by atoms with Crippen LogP contribution in [-0.4, -0.2) is 34.8 Å². The van der Waals surface area contributed by atoms with E-state index in [1.54, 1.807) is 7.11 Å². The zero-order chi connectivity index (χ0) is 11.1. The number of H-pyrrole nitrogens is 1. The first kappa shape index (κ1) is 11.6. The highest BCUT2D eigenvalue weighted by molar-refractivity contribution is 5.76. The van der Waals surface area contributed by atoms with Crippen molar-refractivity contribution in [3.05, 3.63) is 12.2 Å². The average Bonchev–Trinajstić information content (AvgIpc) is 2.70. The molecule has 1 heterocycles. The fourth-order valence-corrected chi connectivity index (χ4v) is 1.18. The lowest BCUT2D eigenvalue weighted by Gasteiger charge is -2.10. The number of carbonyl (C=O) groups excluding carboxylic acids is 1. The number of amides is 1. The van der Waals surface area contributed by atoms with Crippen LogP contribution in [0, 0.1) is 0 Å². The highest BCUT2D eigenvalue weighted by Crippen LogP contribution is 2.04. The minimum absolute atomic E-state index is 0.00375. The fourth-order valence-electron chi connectivity index (χ4n) is 1.18. The summed E-state index contributed by atoms with van der Waals surface area (Å²) in [6.07, 6.45) is 2.61. The second-order valence-electron chi connectivity index (χ2n) is 3.26. The van der Waals surface area contributed by atoms with E-state index in [2.05, 4.69) is 20.5 Å². The average molecular weight is 212 g/mol. The second-order valence-corrected chi connectivity index (χ2v) is 3.26. The van der Waals surface area contributed by atoms with Gasteiger partial charge in [0, 0.05) is 20.1 Å². The van der Waals surface area contributed by atoms with Crippen molar-refractivity contribution in [2.45, 2.75) is 25.8 Å². The molecule has 0 bridgehead atoms. The number of hydrogen-bond donors (Lipinski definition) is 2. The molecule has 84 valence electrons. The van der Waals surface area contributed by atoms with Crippen molar-refractivity contribution in [2.75, 3.05) is 13.7 Å². The quantitative estimate of drug-likeness (QED) is 0.669. The van der Waals surface area contributed by atoms with Crippen LogP contribution < -0.4 is 5.32 Å². The Hall–Kier alpha value is -1.43. The number of methoxy groups -OCH3 is 1. The molecule has 1 aromatic heterocycles. The van der Waals surface area contributed by atoms with Gasteiger partial charge in [0.2, 0.25) is 5.91 Å². The van der Waals surface area contributed by atoms with Crippen LogP contribution in [0.5, 0.6) is 0 Å². The number of ether oxygens (including phenoxy) is 1. The van der Waals surface area contributed by atoms with E-state index in [4.69, 9.17) is 4.74 Å². The molecule has 0 saturated carbocycles. The van der Waals surface area contributed by atoms with Gasteiger partial charge in [0.1, 0.15) is 12.2 Å². The molecule has 1 atom stereocenters. The Morgan fingerprint density at radius 2 is 2.53 bits per heavy atom. The highest BCUT2D eigenvalue weighted by atomic mass is 16.5. The Morgan fingerprint density at radius 3 is 3.13 bits per heavy atom. The van der Waals surface area contributed by atoms with E-state index < -0.39 is 0 Å². The molecule has 0 aliphatic carbocycles. The molecule has 0 radical (unpaired) electrons. The Balaban J connectivity index is 2.26. The van der Waals surface area contributed by atoms with Gasteiger partial charge in [-0.15, -0.1) is 0 Å². The Labute approximate surface area is 88.4 Å². The third-order valence-corrected chi connectivity index (χ3v) is 1.97. The number of aromatic nitrogens is 3. The molecule has 1 rings (SSSR count). The van der Waals surface area contributed by atoms with Crippen molar-refractivity contribution in [1.82, 2.24) is 20.5 Å². The predicted octanol–water partition coefficient (Wildman–Crippen LogP) is 0.408. The molecule has 1 aromatic rings. The summed E-state index contributed by atoms with van der Waals surface area (Å²) in [4.78, 5) is 15.4. The van der Waals surface area contributed by atoms with Gasteiger partial charge >= 0.3 is 0 Å². The number of aromatic amines is 1. The van der Waals surface area contributed by atoms with E-state index in [-0.39, 0.29) is 11.9 Å². The van der Waals surface area contributed by atoms with Crippen molar-refractivity contribution < 1.29 is 9.53 Å². The lowest BCUT2D eigenvalue weighted by molar-refractivity contribution is -0.122. The van der Waals surface area contributed by atoms with Crippen molar-refractivity contribution >= 4 is 5.91 Å². The summed E-state index contributed by atoms with van der Waals surface area (Å²) < 4.78 is 4.86. The third-order valence-electron chi connectivity index (χ3n) is 1.97. The molecular formula is C9H16N4O2. The second kappa shape index (κ2) is 6.13.